The molecule has 54 valence electrons. The van der Waals surface area contributed by atoms with E-state index >= 15 is 0 Å². The number of hydrogen-bond donors (Lipinski definition) is 0. The highest BCUT2D eigenvalue weighted by molar-refractivity contribution is 5.96. The Bertz CT molecular complexity index is 211. The molecule has 0 radical (unpaired) electrons. The van der Waals surface area contributed by atoms with Crippen LogP contribution in [-0.2, 0) is 0 Å². The van der Waals surface area contributed by atoms with E-state index < -0.39 is 0 Å². The van der Waals surface area contributed by atoms with E-state index in [0.717, 1.165) is 5.84 Å². The molecule has 0 amide bonds. The highest BCUT2D eigenvalue weighted by Gasteiger charge is 2.12. The fourth-order valence-electron chi connectivity index (χ4n) is 0.579. The van der Waals surface area contributed by atoms with Crippen LogP contribution in [0.4, 0.5) is 0 Å². The first-order valence-corrected chi connectivity index (χ1v) is 3.23. The number of amidine groups is 1. The molecule has 0 atom stereocenters. The van der Waals surface area contributed by atoms with Gasteiger partial charge in [-0.05, 0) is 20.8 Å². The van der Waals surface area contributed by atoms with Crippen LogP contribution in [0.25, 0.3) is 0 Å². The summed E-state index contributed by atoms with van der Waals surface area (Å²) in [6.07, 6.45) is 3.36. The summed E-state index contributed by atoms with van der Waals surface area (Å²) in [6.45, 7) is 5.83. The molecule has 0 aliphatic carbocycles. The Kier molecular flexibility index (Phi) is 1.66. The lowest BCUT2D eigenvalue weighted by molar-refractivity contribution is 0.722. The van der Waals surface area contributed by atoms with Crippen molar-refractivity contribution >= 4 is 18.4 Å². The molecule has 0 saturated heterocycles. The molecule has 0 fully saturated rings. The quantitative estimate of drug-likeness (QED) is 0.482. The third-order valence-electron chi connectivity index (χ3n) is 1.20. The van der Waals surface area contributed by atoms with Crippen LogP contribution in [0.2, 0.25) is 0 Å². The zero-order valence-electron chi connectivity index (χ0n) is 6.50. The van der Waals surface area contributed by atoms with Crippen molar-refractivity contribution in [2.24, 2.45) is 15.0 Å². The molecule has 1 rings (SSSR count). The second-order valence-electron chi connectivity index (χ2n) is 2.83. The molecular formula is C7H11N3. The lowest BCUT2D eigenvalue weighted by atomic mass is 10.1. The SMILES string of the molecule is CC1=NC=NC(C)(C)C=N1. The van der Waals surface area contributed by atoms with Gasteiger partial charge in [0.25, 0.3) is 0 Å². The van der Waals surface area contributed by atoms with Gasteiger partial charge in [0.15, 0.2) is 0 Å². The maximum atomic E-state index is 4.14. The van der Waals surface area contributed by atoms with Crippen LogP contribution in [0.15, 0.2) is 15.0 Å². The molecule has 0 aromatic carbocycles. The van der Waals surface area contributed by atoms with E-state index in [1.54, 1.807) is 12.6 Å². The second-order valence-corrected chi connectivity index (χ2v) is 2.83. The minimum absolute atomic E-state index is 0.193. The van der Waals surface area contributed by atoms with E-state index in [1.165, 1.54) is 0 Å². The normalized spacial score (nSPS) is 22.1. The summed E-state index contributed by atoms with van der Waals surface area (Å²) in [5.41, 5.74) is -0.193. The van der Waals surface area contributed by atoms with Crippen molar-refractivity contribution < 1.29 is 0 Å². The lowest BCUT2D eigenvalue weighted by Gasteiger charge is -2.09. The Morgan fingerprint density at radius 1 is 1.40 bits per heavy atom. The molecule has 0 spiro atoms. The van der Waals surface area contributed by atoms with Crippen molar-refractivity contribution in [3.8, 4) is 0 Å². The average Bonchev–Trinajstić information content (AvgIpc) is 1.94. The van der Waals surface area contributed by atoms with Crippen LogP contribution in [-0.4, -0.2) is 23.9 Å². The van der Waals surface area contributed by atoms with Gasteiger partial charge in [0, 0.05) is 6.21 Å². The first-order valence-electron chi connectivity index (χ1n) is 3.23. The van der Waals surface area contributed by atoms with Gasteiger partial charge in [-0.3, -0.25) is 4.99 Å². The molecule has 1 aliphatic rings. The van der Waals surface area contributed by atoms with E-state index in [4.69, 9.17) is 0 Å². The van der Waals surface area contributed by atoms with Gasteiger partial charge >= 0.3 is 0 Å². The summed E-state index contributed by atoms with van der Waals surface area (Å²) in [5, 5.41) is 0. The van der Waals surface area contributed by atoms with E-state index in [1.807, 2.05) is 20.8 Å². The van der Waals surface area contributed by atoms with Crippen LogP contribution in [0.3, 0.4) is 0 Å². The molecule has 0 bridgehead atoms. The van der Waals surface area contributed by atoms with Crippen molar-refractivity contribution in [1.82, 2.24) is 0 Å². The Morgan fingerprint density at radius 3 is 2.80 bits per heavy atom. The van der Waals surface area contributed by atoms with E-state index in [-0.39, 0.29) is 5.54 Å². The van der Waals surface area contributed by atoms with Gasteiger partial charge in [0.05, 0.1) is 5.54 Å². The number of rotatable bonds is 0. The molecule has 3 heteroatoms. The van der Waals surface area contributed by atoms with Gasteiger partial charge < -0.3 is 0 Å². The first-order chi connectivity index (χ1) is 4.60. The Labute approximate surface area is 60.6 Å². The van der Waals surface area contributed by atoms with Gasteiger partial charge in [0.1, 0.15) is 12.2 Å². The van der Waals surface area contributed by atoms with Gasteiger partial charge in [-0.15, -0.1) is 0 Å². The van der Waals surface area contributed by atoms with Crippen molar-refractivity contribution in [2.75, 3.05) is 0 Å². The molecule has 0 aromatic rings. The van der Waals surface area contributed by atoms with E-state index in [9.17, 15) is 0 Å². The van der Waals surface area contributed by atoms with Gasteiger partial charge in [-0.1, -0.05) is 0 Å². The summed E-state index contributed by atoms with van der Waals surface area (Å²) in [7, 11) is 0. The maximum absolute atomic E-state index is 4.14. The van der Waals surface area contributed by atoms with Crippen molar-refractivity contribution in [1.29, 1.82) is 0 Å². The van der Waals surface area contributed by atoms with Gasteiger partial charge in [0.2, 0.25) is 0 Å². The summed E-state index contributed by atoms with van der Waals surface area (Å²) in [5.74, 6) is 0.759. The second kappa shape index (κ2) is 2.33. The molecular weight excluding hydrogens is 126 g/mol. The van der Waals surface area contributed by atoms with E-state index in [2.05, 4.69) is 15.0 Å². The number of hydrogen-bond acceptors (Lipinski definition) is 3. The molecule has 0 aromatic heterocycles. The summed E-state index contributed by atoms with van der Waals surface area (Å²) in [4.78, 5) is 12.2. The monoisotopic (exact) mass is 137 g/mol. The smallest absolute Gasteiger partial charge is 0.126 e. The van der Waals surface area contributed by atoms with Crippen molar-refractivity contribution in [2.45, 2.75) is 26.3 Å². The minimum atomic E-state index is -0.193. The van der Waals surface area contributed by atoms with Crippen molar-refractivity contribution in [3.05, 3.63) is 0 Å². The highest BCUT2D eigenvalue weighted by atomic mass is 15.0. The third kappa shape index (κ3) is 1.76. The zero-order chi connectivity index (χ0) is 7.61. The summed E-state index contributed by atoms with van der Waals surface area (Å²) >= 11 is 0. The highest BCUT2D eigenvalue weighted by Crippen LogP contribution is 2.06. The van der Waals surface area contributed by atoms with Crippen LogP contribution >= 0.6 is 0 Å². The minimum Gasteiger partial charge on any atom is -0.262 e. The predicted molar refractivity (Wildman–Crippen MR) is 44.2 cm³/mol. The van der Waals surface area contributed by atoms with Crippen molar-refractivity contribution in [3.63, 3.8) is 0 Å². The molecule has 0 unspecified atom stereocenters. The van der Waals surface area contributed by atoms with Gasteiger partial charge in [-0.25, -0.2) is 9.98 Å². The predicted octanol–water partition coefficient (Wildman–Crippen LogP) is 1.30. The maximum Gasteiger partial charge on any atom is 0.126 e. The summed E-state index contributed by atoms with van der Waals surface area (Å²) in [6, 6.07) is 0. The standard InChI is InChI=1S/C7H11N3/c1-6-8-4-7(2,3)10-5-9-6/h4-5H,1-3H3. The van der Waals surface area contributed by atoms with Crippen LogP contribution in [0, 0.1) is 0 Å². The first kappa shape index (κ1) is 7.12. The summed E-state index contributed by atoms with van der Waals surface area (Å²) < 4.78 is 0. The average molecular weight is 137 g/mol. The fraction of sp³-hybridized carbons (Fsp3) is 0.571. The third-order valence-corrected chi connectivity index (χ3v) is 1.20. The van der Waals surface area contributed by atoms with Crippen LogP contribution in [0.1, 0.15) is 20.8 Å². The topological polar surface area (TPSA) is 37.1 Å². The molecule has 1 aliphatic heterocycles. The Morgan fingerprint density at radius 2 is 2.10 bits per heavy atom. The van der Waals surface area contributed by atoms with Gasteiger partial charge in [-0.2, -0.15) is 0 Å². The Hall–Kier alpha value is -0.990. The lowest BCUT2D eigenvalue weighted by Crippen LogP contribution is -2.17. The zero-order valence-corrected chi connectivity index (χ0v) is 6.50. The van der Waals surface area contributed by atoms with Crippen LogP contribution in [0.5, 0.6) is 0 Å². The molecule has 0 N–H and O–H groups in total. The van der Waals surface area contributed by atoms with Crippen LogP contribution < -0.4 is 0 Å². The molecule has 0 saturated carbocycles. The number of aliphatic imine (C=N–C) groups is 3. The van der Waals surface area contributed by atoms with E-state index in [0.29, 0.717) is 0 Å². The molecule has 3 nitrogen and oxygen atoms in total. The largest absolute Gasteiger partial charge is 0.262 e. The molecule has 10 heavy (non-hydrogen) atoms. The number of nitrogens with zero attached hydrogens (tertiary/aromatic N) is 3. The molecule has 1 heterocycles. The fourth-order valence-corrected chi connectivity index (χ4v) is 0.579. The Balaban J connectivity index is 2.88.